The van der Waals surface area contributed by atoms with Crippen LogP contribution < -0.4 is 19.6 Å². The van der Waals surface area contributed by atoms with E-state index in [0.29, 0.717) is 23.9 Å². The van der Waals surface area contributed by atoms with Gasteiger partial charge in [-0.15, -0.1) is 0 Å². The summed E-state index contributed by atoms with van der Waals surface area (Å²) in [6.45, 7) is 4.80. The molecule has 6 heteroatoms. The number of methoxy groups -OCH3 is 1. The fraction of sp³-hybridized carbons (Fsp3) is 0.417. The molecule has 0 radical (unpaired) electrons. The van der Waals surface area contributed by atoms with Crippen LogP contribution in [0.4, 0.5) is 0 Å². The minimum absolute atomic E-state index is 0.0948. The van der Waals surface area contributed by atoms with E-state index in [0.717, 1.165) is 30.4 Å². The van der Waals surface area contributed by atoms with Gasteiger partial charge in [0.2, 0.25) is 0 Å². The average molecular weight is 413 g/mol. The van der Waals surface area contributed by atoms with E-state index < -0.39 is 0 Å². The number of aryl methyl sites for hydroxylation is 1. The van der Waals surface area contributed by atoms with Crippen molar-refractivity contribution in [1.29, 1.82) is 0 Å². The summed E-state index contributed by atoms with van der Waals surface area (Å²) < 4.78 is 16.8. The van der Waals surface area contributed by atoms with Gasteiger partial charge in [-0.1, -0.05) is 51.3 Å². The Morgan fingerprint density at radius 3 is 2.60 bits per heavy atom. The molecule has 2 rings (SSSR count). The van der Waals surface area contributed by atoms with Gasteiger partial charge in [-0.3, -0.25) is 4.79 Å². The number of hydrogen-bond acceptors (Lipinski definition) is 5. The van der Waals surface area contributed by atoms with Crippen LogP contribution in [0.2, 0.25) is 0 Å². The molecule has 0 aliphatic heterocycles. The Labute approximate surface area is 179 Å². The van der Waals surface area contributed by atoms with Gasteiger partial charge >= 0.3 is 0 Å². The van der Waals surface area contributed by atoms with Crippen LogP contribution in [0.15, 0.2) is 47.6 Å². The Hall–Kier alpha value is -3.02. The van der Waals surface area contributed by atoms with E-state index >= 15 is 0 Å². The van der Waals surface area contributed by atoms with Crippen LogP contribution in [0.25, 0.3) is 0 Å². The standard InChI is InChI=1S/C24H32N2O4/c1-4-6-7-10-15-29-22-14-13-19(16-23(22)28-3)17-25-26-24(27)18-30-21-12-9-8-11-20(21)5-2/h8-9,11-14,16-17H,4-7,10,15,18H2,1-3H3,(H,26,27)/b25-17+. The molecule has 0 spiro atoms. The number of ether oxygens (including phenoxy) is 3. The molecule has 0 saturated carbocycles. The lowest BCUT2D eigenvalue weighted by Gasteiger charge is -2.11. The lowest BCUT2D eigenvalue weighted by atomic mass is 10.1. The first-order valence-electron chi connectivity index (χ1n) is 10.5. The SMILES string of the molecule is CCCCCCOc1ccc(/C=N/NC(=O)COc2ccccc2CC)cc1OC. The van der Waals surface area contributed by atoms with Gasteiger partial charge in [0, 0.05) is 0 Å². The Kier molecular flexibility index (Phi) is 10.3. The molecule has 0 heterocycles. The topological polar surface area (TPSA) is 69.2 Å². The van der Waals surface area contributed by atoms with E-state index in [9.17, 15) is 4.79 Å². The van der Waals surface area contributed by atoms with E-state index in [1.165, 1.54) is 12.8 Å². The van der Waals surface area contributed by atoms with Crippen molar-refractivity contribution in [3.63, 3.8) is 0 Å². The van der Waals surface area contributed by atoms with Crippen LogP contribution in [-0.2, 0) is 11.2 Å². The predicted molar refractivity (Wildman–Crippen MR) is 120 cm³/mol. The third-order valence-corrected chi connectivity index (χ3v) is 4.56. The number of carbonyl (C=O) groups excluding carboxylic acids is 1. The highest BCUT2D eigenvalue weighted by Crippen LogP contribution is 2.27. The molecular weight excluding hydrogens is 380 g/mol. The van der Waals surface area contributed by atoms with E-state index in [1.54, 1.807) is 13.3 Å². The van der Waals surface area contributed by atoms with Gasteiger partial charge in [0.25, 0.3) is 5.91 Å². The summed E-state index contributed by atoms with van der Waals surface area (Å²) in [7, 11) is 1.60. The molecule has 0 saturated heterocycles. The summed E-state index contributed by atoms with van der Waals surface area (Å²) in [5.74, 6) is 1.74. The maximum absolute atomic E-state index is 12.0. The summed E-state index contributed by atoms with van der Waals surface area (Å²) in [6, 6.07) is 13.2. The zero-order chi connectivity index (χ0) is 21.6. The van der Waals surface area contributed by atoms with Crippen LogP contribution >= 0.6 is 0 Å². The van der Waals surface area contributed by atoms with Crippen molar-refractivity contribution >= 4 is 12.1 Å². The zero-order valence-electron chi connectivity index (χ0n) is 18.1. The quantitative estimate of drug-likeness (QED) is 0.293. The molecule has 2 aromatic carbocycles. The minimum Gasteiger partial charge on any atom is -0.493 e. The zero-order valence-corrected chi connectivity index (χ0v) is 18.1. The first-order chi connectivity index (χ1) is 14.7. The van der Waals surface area contributed by atoms with Crippen LogP contribution in [-0.4, -0.2) is 32.4 Å². The number of nitrogens with one attached hydrogen (secondary N) is 1. The monoisotopic (exact) mass is 412 g/mol. The van der Waals surface area contributed by atoms with Crippen molar-refractivity contribution in [2.75, 3.05) is 20.3 Å². The number of carbonyl (C=O) groups is 1. The van der Waals surface area contributed by atoms with Gasteiger partial charge in [-0.05, 0) is 48.2 Å². The maximum Gasteiger partial charge on any atom is 0.277 e. The second-order valence-corrected chi connectivity index (χ2v) is 6.86. The molecule has 162 valence electrons. The van der Waals surface area contributed by atoms with Crippen LogP contribution in [0.3, 0.4) is 0 Å². The Balaban J connectivity index is 1.82. The third-order valence-electron chi connectivity index (χ3n) is 4.56. The molecule has 0 aliphatic rings. The highest BCUT2D eigenvalue weighted by Gasteiger charge is 2.06. The molecule has 0 fully saturated rings. The highest BCUT2D eigenvalue weighted by atomic mass is 16.5. The molecule has 0 atom stereocenters. The van der Waals surface area contributed by atoms with E-state index in [-0.39, 0.29) is 12.5 Å². The van der Waals surface area contributed by atoms with Gasteiger partial charge in [0.1, 0.15) is 5.75 Å². The van der Waals surface area contributed by atoms with E-state index in [1.807, 2.05) is 49.4 Å². The number of para-hydroxylation sites is 1. The summed E-state index contributed by atoms with van der Waals surface area (Å²) in [5.41, 5.74) is 4.34. The van der Waals surface area contributed by atoms with Crippen LogP contribution in [0.5, 0.6) is 17.2 Å². The lowest BCUT2D eigenvalue weighted by molar-refractivity contribution is -0.123. The Morgan fingerprint density at radius 2 is 1.83 bits per heavy atom. The van der Waals surface area contributed by atoms with Crippen molar-refractivity contribution in [2.24, 2.45) is 5.10 Å². The second kappa shape index (κ2) is 13.2. The molecule has 6 nitrogen and oxygen atoms in total. The number of hydrazone groups is 1. The smallest absolute Gasteiger partial charge is 0.277 e. The fourth-order valence-corrected chi connectivity index (χ4v) is 2.89. The minimum atomic E-state index is -0.323. The average Bonchev–Trinajstić information content (AvgIpc) is 2.78. The number of nitrogens with zero attached hydrogens (tertiary/aromatic N) is 1. The number of unbranched alkanes of at least 4 members (excludes halogenated alkanes) is 3. The van der Waals surface area contributed by atoms with Crippen molar-refractivity contribution in [3.05, 3.63) is 53.6 Å². The molecule has 1 N–H and O–H groups in total. The fourth-order valence-electron chi connectivity index (χ4n) is 2.89. The van der Waals surface area contributed by atoms with Crippen LogP contribution in [0, 0.1) is 0 Å². The maximum atomic E-state index is 12.0. The van der Waals surface area contributed by atoms with Crippen molar-refractivity contribution in [1.82, 2.24) is 5.43 Å². The summed E-state index contributed by atoms with van der Waals surface area (Å²) in [6.07, 6.45) is 7.01. The van der Waals surface area contributed by atoms with Crippen molar-refractivity contribution in [2.45, 2.75) is 46.0 Å². The second-order valence-electron chi connectivity index (χ2n) is 6.86. The number of rotatable bonds is 13. The number of hydrogen-bond donors (Lipinski definition) is 1. The summed E-state index contributed by atoms with van der Waals surface area (Å²) >= 11 is 0. The van der Waals surface area contributed by atoms with E-state index in [2.05, 4.69) is 17.5 Å². The third kappa shape index (κ3) is 7.78. The van der Waals surface area contributed by atoms with Crippen molar-refractivity contribution in [3.8, 4) is 17.2 Å². The molecule has 0 bridgehead atoms. The van der Waals surface area contributed by atoms with Crippen molar-refractivity contribution < 1.29 is 19.0 Å². The molecule has 0 aromatic heterocycles. The lowest BCUT2D eigenvalue weighted by Crippen LogP contribution is -2.24. The van der Waals surface area contributed by atoms with Gasteiger partial charge in [0.15, 0.2) is 18.1 Å². The Morgan fingerprint density at radius 1 is 1.00 bits per heavy atom. The normalized spacial score (nSPS) is 10.8. The molecule has 2 aromatic rings. The van der Waals surface area contributed by atoms with Gasteiger partial charge in [-0.25, -0.2) is 5.43 Å². The summed E-state index contributed by atoms with van der Waals surface area (Å²) in [5, 5.41) is 4.00. The van der Waals surface area contributed by atoms with E-state index in [4.69, 9.17) is 14.2 Å². The van der Waals surface area contributed by atoms with Gasteiger partial charge < -0.3 is 14.2 Å². The first-order valence-corrected chi connectivity index (χ1v) is 10.5. The highest BCUT2D eigenvalue weighted by molar-refractivity contribution is 5.83. The first kappa shape index (κ1) is 23.3. The number of amides is 1. The van der Waals surface area contributed by atoms with Gasteiger partial charge in [0.05, 0.1) is 19.9 Å². The molecule has 0 aliphatic carbocycles. The molecule has 30 heavy (non-hydrogen) atoms. The molecule has 1 amide bonds. The predicted octanol–water partition coefficient (Wildman–Crippen LogP) is 4.75. The molecular formula is C24H32N2O4. The summed E-state index contributed by atoms with van der Waals surface area (Å²) in [4.78, 5) is 12.0. The van der Waals surface area contributed by atoms with Crippen LogP contribution in [0.1, 0.15) is 50.7 Å². The Bertz CT molecular complexity index is 821. The number of benzene rings is 2. The largest absolute Gasteiger partial charge is 0.493 e. The molecule has 0 unspecified atom stereocenters. The van der Waals surface area contributed by atoms with Gasteiger partial charge in [-0.2, -0.15) is 5.10 Å².